The van der Waals surface area contributed by atoms with E-state index in [1.807, 2.05) is 12.1 Å². The van der Waals surface area contributed by atoms with E-state index in [1.54, 1.807) is 6.21 Å². The minimum Gasteiger partial charge on any atom is -0.248 e. The second-order valence-corrected chi connectivity index (χ2v) is 9.36. The summed E-state index contributed by atoms with van der Waals surface area (Å²) in [7, 11) is -1.26. The van der Waals surface area contributed by atoms with Crippen LogP contribution in [0.5, 0.6) is 0 Å². The largest absolute Gasteiger partial charge is 0.248 e. The first-order chi connectivity index (χ1) is 6.97. The standard InChI is InChI=1S/C13H17NSi/c1-12-6-8-13(9-7-12)14-10-5-11-15(2,3)4/h6-10H,1-4H3. The summed E-state index contributed by atoms with van der Waals surface area (Å²) in [6.45, 7) is 8.73. The topological polar surface area (TPSA) is 12.4 Å². The molecule has 0 heterocycles. The van der Waals surface area contributed by atoms with E-state index in [2.05, 4.69) is 55.2 Å². The van der Waals surface area contributed by atoms with Crippen LogP contribution >= 0.6 is 0 Å². The van der Waals surface area contributed by atoms with E-state index in [0.717, 1.165) is 5.69 Å². The van der Waals surface area contributed by atoms with E-state index < -0.39 is 8.07 Å². The van der Waals surface area contributed by atoms with Crippen LogP contribution in [0.3, 0.4) is 0 Å². The van der Waals surface area contributed by atoms with Gasteiger partial charge < -0.3 is 0 Å². The molecular formula is C13H17NSi. The Hall–Kier alpha value is -1.33. The summed E-state index contributed by atoms with van der Waals surface area (Å²) in [5, 5.41) is 0. The van der Waals surface area contributed by atoms with E-state index in [-0.39, 0.29) is 0 Å². The molecule has 1 nitrogen and oxygen atoms in total. The normalized spacial score (nSPS) is 11.2. The van der Waals surface area contributed by atoms with E-state index in [0.29, 0.717) is 0 Å². The molecular weight excluding hydrogens is 198 g/mol. The third kappa shape index (κ3) is 5.19. The van der Waals surface area contributed by atoms with Crippen molar-refractivity contribution in [1.82, 2.24) is 0 Å². The molecule has 0 aromatic heterocycles. The van der Waals surface area contributed by atoms with E-state index in [9.17, 15) is 0 Å². The Morgan fingerprint density at radius 3 is 2.27 bits per heavy atom. The first kappa shape index (κ1) is 11.7. The van der Waals surface area contributed by atoms with Crippen molar-refractivity contribution in [3.63, 3.8) is 0 Å². The Morgan fingerprint density at radius 1 is 1.13 bits per heavy atom. The van der Waals surface area contributed by atoms with E-state index in [4.69, 9.17) is 0 Å². The number of aliphatic imine (C=N–C) groups is 1. The fraction of sp³-hybridized carbons (Fsp3) is 0.308. The van der Waals surface area contributed by atoms with Crippen molar-refractivity contribution in [3.8, 4) is 11.5 Å². The van der Waals surface area contributed by atoms with Crippen molar-refractivity contribution in [2.24, 2.45) is 4.99 Å². The Labute approximate surface area is 93.3 Å². The van der Waals surface area contributed by atoms with E-state index in [1.165, 1.54) is 5.56 Å². The fourth-order valence-corrected chi connectivity index (χ4v) is 1.48. The lowest BCUT2D eigenvalue weighted by Gasteiger charge is -2.01. The van der Waals surface area contributed by atoms with Crippen molar-refractivity contribution in [2.75, 3.05) is 0 Å². The van der Waals surface area contributed by atoms with Gasteiger partial charge in [-0.2, -0.15) is 0 Å². The van der Waals surface area contributed by atoms with Crippen molar-refractivity contribution < 1.29 is 0 Å². The Morgan fingerprint density at radius 2 is 1.73 bits per heavy atom. The Balaban J connectivity index is 2.65. The molecule has 0 amide bonds. The molecule has 2 heteroatoms. The smallest absolute Gasteiger partial charge is 0.129 e. The Kier molecular flexibility index (Phi) is 3.87. The van der Waals surface area contributed by atoms with Gasteiger partial charge in [-0.3, -0.25) is 0 Å². The van der Waals surface area contributed by atoms with Gasteiger partial charge in [0.15, 0.2) is 0 Å². The van der Waals surface area contributed by atoms with Crippen LogP contribution in [0.15, 0.2) is 29.3 Å². The molecule has 1 aromatic rings. The number of aryl methyl sites for hydroxylation is 1. The second-order valence-electron chi connectivity index (χ2n) is 4.61. The van der Waals surface area contributed by atoms with Crippen molar-refractivity contribution in [2.45, 2.75) is 26.6 Å². The third-order valence-electron chi connectivity index (χ3n) is 1.76. The van der Waals surface area contributed by atoms with Crippen molar-refractivity contribution in [3.05, 3.63) is 29.8 Å². The minimum absolute atomic E-state index is 0.963. The second kappa shape index (κ2) is 4.95. The summed E-state index contributed by atoms with van der Waals surface area (Å²) < 4.78 is 0. The first-order valence-electron chi connectivity index (χ1n) is 5.09. The van der Waals surface area contributed by atoms with Crippen LogP contribution in [0.4, 0.5) is 5.69 Å². The average Bonchev–Trinajstić information content (AvgIpc) is 2.14. The molecule has 0 atom stereocenters. The number of hydrogen-bond acceptors (Lipinski definition) is 1. The molecule has 0 radical (unpaired) electrons. The Bertz CT molecular complexity index is 399. The van der Waals surface area contributed by atoms with Gasteiger partial charge in [0.2, 0.25) is 0 Å². The summed E-state index contributed by atoms with van der Waals surface area (Å²) in [4.78, 5) is 4.27. The predicted octanol–water partition coefficient (Wildman–Crippen LogP) is 3.58. The molecule has 15 heavy (non-hydrogen) atoms. The molecule has 1 aromatic carbocycles. The highest BCUT2D eigenvalue weighted by atomic mass is 28.3. The molecule has 78 valence electrons. The third-order valence-corrected chi connectivity index (χ3v) is 2.65. The number of benzene rings is 1. The molecule has 0 fully saturated rings. The van der Waals surface area contributed by atoms with Crippen LogP contribution in [-0.2, 0) is 0 Å². The first-order valence-corrected chi connectivity index (χ1v) is 8.59. The van der Waals surface area contributed by atoms with Crippen LogP contribution in [-0.4, -0.2) is 14.3 Å². The van der Waals surface area contributed by atoms with Gasteiger partial charge in [0, 0.05) is 0 Å². The lowest BCUT2D eigenvalue weighted by molar-refractivity contribution is 1.44. The maximum atomic E-state index is 4.27. The summed E-state index contributed by atoms with van der Waals surface area (Å²) >= 11 is 0. The summed E-state index contributed by atoms with van der Waals surface area (Å²) in [5.74, 6) is 3.01. The summed E-state index contributed by atoms with van der Waals surface area (Å²) in [6, 6.07) is 8.11. The van der Waals surface area contributed by atoms with Crippen LogP contribution in [0.25, 0.3) is 0 Å². The monoisotopic (exact) mass is 215 g/mol. The molecule has 0 spiro atoms. The maximum absolute atomic E-state index is 4.27. The number of hydrogen-bond donors (Lipinski definition) is 0. The maximum Gasteiger partial charge on any atom is 0.129 e. The van der Waals surface area contributed by atoms with Gasteiger partial charge >= 0.3 is 0 Å². The lowest BCUT2D eigenvalue weighted by atomic mass is 10.2. The zero-order chi connectivity index (χ0) is 11.3. The highest BCUT2D eigenvalue weighted by molar-refractivity contribution is 6.84. The molecule has 0 unspecified atom stereocenters. The molecule has 0 N–H and O–H groups in total. The zero-order valence-corrected chi connectivity index (χ0v) is 10.8. The van der Waals surface area contributed by atoms with Gasteiger partial charge in [-0.15, -0.1) is 5.54 Å². The SMILES string of the molecule is Cc1ccc(N=CC#C[Si](C)(C)C)cc1. The van der Waals surface area contributed by atoms with Gasteiger partial charge in [-0.1, -0.05) is 43.3 Å². The predicted molar refractivity (Wildman–Crippen MR) is 70.5 cm³/mol. The van der Waals surface area contributed by atoms with Crippen LogP contribution in [0.2, 0.25) is 19.6 Å². The van der Waals surface area contributed by atoms with E-state index >= 15 is 0 Å². The molecule has 1 rings (SSSR count). The average molecular weight is 215 g/mol. The molecule has 0 aliphatic carbocycles. The highest BCUT2D eigenvalue weighted by Crippen LogP contribution is 2.11. The lowest BCUT2D eigenvalue weighted by Crippen LogP contribution is -2.16. The van der Waals surface area contributed by atoms with Crippen molar-refractivity contribution >= 4 is 20.0 Å². The van der Waals surface area contributed by atoms with Gasteiger partial charge in [0.25, 0.3) is 0 Å². The fourth-order valence-electron chi connectivity index (χ4n) is 0.986. The molecule has 0 saturated heterocycles. The molecule has 0 aliphatic rings. The van der Waals surface area contributed by atoms with Gasteiger partial charge in [0.05, 0.1) is 11.9 Å². The summed E-state index contributed by atoms with van der Waals surface area (Å²) in [6.07, 6.45) is 1.70. The molecule has 0 saturated carbocycles. The van der Waals surface area contributed by atoms with Gasteiger partial charge in [0.1, 0.15) is 8.07 Å². The minimum atomic E-state index is -1.26. The number of nitrogens with zero attached hydrogens (tertiary/aromatic N) is 1. The van der Waals surface area contributed by atoms with Crippen LogP contribution in [0.1, 0.15) is 5.56 Å². The van der Waals surface area contributed by atoms with Crippen LogP contribution < -0.4 is 0 Å². The van der Waals surface area contributed by atoms with Gasteiger partial charge in [-0.05, 0) is 19.1 Å². The summed E-state index contributed by atoms with van der Waals surface area (Å²) in [5.41, 5.74) is 5.46. The zero-order valence-electron chi connectivity index (χ0n) is 9.83. The van der Waals surface area contributed by atoms with Crippen molar-refractivity contribution in [1.29, 1.82) is 0 Å². The van der Waals surface area contributed by atoms with Crippen LogP contribution in [0, 0.1) is 18.4 Å². The molecule has 0 aliphatic heterocycles. The highest BCUT2D eigenvalue weighted by Gasteiger charge is 2.06. The molecule has 0 bridgehead atoms. The number of rotatable bonds is 1. The van der Waals surface area contributed by atoms with Gasteiger partial charge in [-0.25, -0.2) is 4.99 Å². The quantitative estimate of drug-likeness (QED) is 0.386.